The standard InChI is InChI=1S/C27H36N2O5S/c1-6-7-8-9-19-17-22-24(20-16-18(2)10-11-21(20)27(3,4)34-22)25(30)23(19)26(31)28-12-14-29(15-13-28)35(5,32)33/h10-11,16-17,30H,6-9,12-15H2,1-5H3. The molecule has 1 amide bonds. The van der Waals surface area contributed by atoms with Crippen molar-refractivity contribution in [3.05, 3.63) is 46.5 Å². The van der Waals surface area contributed by atoms with Crippen molar-refractivity contribution in [2.24, 2.45) is 0 Å². The number of carbonyl (C=O) groups is 1. The lowest BCUT2D eigenvalue weighted by atomic mass is 9.83. The first-order valence-electron chi connectivity index (χ1n) is 12.4. The smallest absolute Gasteiger partial charge is 0.258 e. The predicted molar refractivity (Wildman–Crippen MR) is 137 cm³/mol. The molecule has 2 heterocycles. The maximum atomic E-state index is 13.8. The van der Waals surface area contributed by atoms with Crippen molar-refractivity contribution in [2.45, 2.75) is 59.0 Å². The Labute approximate surface area is 208 Å². The van der Waals surface area contributed by atoms with Crippen LogP contribution in [0.3, 0.4) is 0 Å². The summed E-state index contributed by atoms with van der Waals surface area (Å²) >= 11 is 0. The molecule has 0 atom stereocenters. The number of unbranched alkanes of at least 4 members (excludes halogenated alkanes) is 2. The molecule has 0 unspecified atom stereocenters. The van der Waals surface area contributed by atoms with E-state index in [0.29, 0.717) is 23.3 Å². The molecule has 190 valence electrons. The number of aromatic hydroxyl groups is 1. The number of phenols is 1. The van der Waals surface area contributed by atoms with E-state index >= 15 is 0 Å². The first kappa shape index (κ1) is 25.5. The summed E-state index contributed by atoms with van der Waals surface area (Å²) in [5.41, 5.74) is 3.97. The zero-order chi connectivity index (χ0) is 25.5. The van der Waals surface area contributed by atoms with Crippen LogP contribution in [0.4, 0.5) is 0 Å². The van der Waals surface area contributed by atoms with Crippen molar-refractivity contribution in [1.82, 2.24) is 9.21 Å². The molecule has 0 bridgehead atoms. The van der Waals surface area contributed by atoms with Gasteiger partial charge >= 0.3 is 0 Å². The van der Waals surface area contributed by atoms with Gasteiger partial charge in [0.05, 0.1) is 17.4 Å². The van der Waals surface area contributed by atoms with Crippen LogP contribution in [0, 0.1) is 6.92 Å². The quantitative estimate of drug-likeness (QED) is 0.593. The Balaban J connectivity index is 1.80. The van der Waals surface area contributed by atoms with E-state index < -0.39 is 15.6 Å². The van der Waals surface area contributed by atoms with E-state index in [2.05, 4.69) is 6.92 Å². The van der Waals surface area contributed by atoms with Crippen LogP contribution < -0.4 is 4.74 Å². The molecular weight excluding hydrogens is 464 g/mol. The minimum Gasteiger partial charge on any atom is -0.506 e. The van der Waals surface area contributed by atoms with Gasteiger partial charge in [-0.25, -0.2) is 8.42 Å². The third kappa shape index (κ3) is 4.91. The molecule has 7 nitrogen and oxygen atoms in total. The van der Waals surface area contributed by atoms with E-state index in [0.717, 1.165) is 41.5 Å². The van der Waals surface area contributed by atoms with E-state index in [-0.39, 0.29) is 37.8 Å². The highest BCUT2D eigenvalue weighted by atomic mass is 32.2. The molecule has 2 aliphatic heterocycles. The van der Waals surface area contributed by atoms with Crippen molar-refractivity contribution in [3.8, 4) is 22.6 Å². The number of rotatable bonds is 6. The number of hydrogen-bond acceptors (Lipinski definition) is 5. The Hall–Kier alpha value is -2.58. The molecule has 0 aromatic heterocycles. The van der Waals surface area contributed by atoms with Crippen molar-refractivity contribution in [1.29, 1.82) is 0 Å². The van der Waals surface area contributed by atoms with Crippen LogP contribution in [0.1, 0.15) is 67.1 Å². The van der Waals surface area contributed by atoms with Gasteiger partial charge in [0.15, 0.2) is 0 Å². The third-order valence-corrected chi connectivity index (χ3v) is 8.37. The molecule has 0 radical (unpaired) electrons. The number of ether oxygens (including phenoxy) is 1. The van der Waals surface area contributed by atoms with Gasteiger partial charge in [0.1, 0.15) is 17.1 Å². The highest BCUT2D eigenvalue weighted by Gasteiger charge is 2.37. The number of benzene rings is 2. The molecule has 1 fully saturated rings. The van der Waals surface area contributed by atoms with Gasteiger partial charge in [0.25, 0.3) is 5.91 Å². The summed E-state index contributed by atoms with van der Waals surface area (Å²) in [6, 6.07) is 8.01. The minimum atomic E-state index is -3.30. The maximum Gasteiger partial charge on any atom is 0.258 e. The molecule has 1 N–H and O–H groups in total. The van der Waals surface area contributed by atoms with E-state index in [4.69, 9.17) is 4.74 Å². The van der Waals surface area contributed by atoms with Crippen molar-refractivity contribution in [2.75, 3.05) is 32.4 Å². The fourth-order valence-corrected chi connectivity index (χ4v) is 5.97. The topological polar surface area (TPSA) is 87.2 Å². The number of carbonyl (C=O) groups excluding carboxylic acids is 1. The van der Waals surface area contributed by atoms with E-state index in [9.17, 15) is 18.3 Å². The fourth-order valence-electron chi connectivity index (χ4n) is 5.14. The average Bonchev–Trinajstić information content (AvgIpc) is 2.77. The van der Waals surface area contributed by atoms with Crippen molar-refractivity contribution >= 4 is 15.9 Å². The number of fused-ring (bicyclic) bond motifs is 3. The summed E-state index contributed by atoms with van der Waals surface area (Å²) in [4.78, 5) is 15.4. The van der Waals surface area contributed by atoms with Gasteiger partial charge < -0.3 is 14.7 Å². The van der Waals surface area contributed by atoms with Crippen molar-refractivity contribution in [3.63, 3.8) is 0 Å². The number of aryl methyl sites for hydroxylation is 2. The maximum absolute atomic E-state index is 13.8. The van der Waals surface area contributed by atoms with Crippen LogP contribution in [0.5, 0.6) is 11.5 Å². The Morgan fingerprint density at radius 1 is 1.11 bits per heavy atom. The second kappa shape index (κ2) is 9.47. The van der Waals surface area contributed by atoms with E-state index in [1.54, 1.807) is 4.90 Å². The van der Waals surface area contributed by atoms with Crippen LogP contribution in [-0.4, -0.2) is 61.1 Å². The number of hydrogen-bond donors (Lipinski definition) is 1. The molecule has 0 aliphatic carbocycles. The molecule has 2 aliphatic rings. The van der Waals surface area contributed by atoms with Gasteiger partial charge in [-0.2, -0.15) is 4.31 Å². The van der Waals surface area contributed by atoms with Crippen molar-refractivity contribution < 1.29 is 23.1 Å². The normalized spacial score (nSPS) is 17.5. The lowest BCUT2D eigenvalue weighted by Gasteiger charge is -2.37. The zero-order valence-corrected chi connectivity index (χ0v) is 22.2. The van der Waals surface area contributed by atoms with Crippen LogP contribution in [0.25, 0.3) is 11.1 Å². The first-order valence-corrected chi connectivity index (χ1v) is 14.2. The number of phenolic OH excluding ortho intramolecular Hbond substituents is 1. The fraction of sp³-hybridized carbons (Fsp3) is 0.519. The average molecular weight is 501 g/mol. The number of sulfonamides is 1. The van der Waals surface area contributed by atoms with Gasteiger partial charge in [-0.15, -0.1) is 0 Å². The molecule has 0 saturated carbocycles. The lowest BCUT2D eigenvalue weighted by molar-refractivity contribution is 0.0693. The summed E-state index contributed by atoms with van der Waals surface area (Å²) in [5, 5.41) is 11.6. The lowest BCUT2D eigenvalue weighted by Crippen LogP contribution is -2.50. The Kier molecular flexibility index (Phi) is 6.90. The summed E-state index contributed by atoms with van der Waals surface area (Å²) < 4.78 is 31.6. The number of nitrogens with zero attached hydrogens (tertiary/aromatic N) is 2. The van der Waals surface area contributed by atoms with Gasteiger partial charge in [0, 0.05) is 31.7 Å². The molecule has 2 aromatic rings. The zero-order valence-electron chi connectivity index (χ0n) is 21.3. The number of amides is 1. The summed E-state index contributed by atoms with van der Waals surface area (Å²) in [5.74, 6) is 0.284. The highest BCUT2D eigenvalue weighted by molar-refractivity contribution is 7.88. The molecule has 1 saturated heterocycles. The van der Waals surface area contributed by atoms with E-state index in [1.807, 2.05) is 45.0 Å². The SMILES string of the molecule is CCCCCc1cc2c(c(O)c1C(=O)N1CCN(S(C)(=O)=O)CC1)-c1cc(C)ccc1C(C)(C)O2. The second-order valence-electron chi connectivity index (χ2n) is 10.2. The Morgan fingerprint density at radius 2 is 1.80 bits per heavy atom. The highest BCUT2D eigenvalue weighted by Crippen LogP contribution is 2.51. The van der Waals surface area contributed by atoms with Crippen LogP contribution in [0.2, 0.25) is 0 Å². The first-order chi connectivity index (χ1) is 16.4. The van der Waals surface area contributed by atoms with Gasteiger partial charge in [0.2, 0.25) is 10.0 Å². The second-order valence-corrected chi connectivity index (χ2v) is 12.2. The molecule has 8 heteroatoms. The third-order valence-electron chi connectivity index (χ3n) is 7.06. The van der Waals surface area contributed by atoms with Crippen LogP contribution in [-0.2, 0) is 22.0 Å². The number of piperazine rings is 1. The summed E-state index contributed by atoms with van der Waals surface area (Å²) in [7, 11) is -3.30. The minimum absolute atomic E-state index is 0.0492. The molecular formula is C27H36N2O5S. The Morgan fingerprint density at radius 3 is 2.43 bits per heavy atom. The van der Waals surface area contributed by atoms with Crippen LogP contribution >= 0.6 is 0 Å². The van der Waals surface area contributed by atoms with Crippen LogP contribution in [0.15, 0.2) is 24.3 Å². The van der Waals surface area contributed by atoms with E-state index in [1.165, 1.54) is 10.6 Å². The van der Waals surface area contributed by atoms with Gasteiger partial charge in [-0.3, -0.25) is 4.79 Å². The predicted octanol–water partition coefficient (Wildman–Crippen LogP) is 4.45. The largest absolute Gasteiger partial charge is 0.506 e. The molecule has 4 rings (SSSR count). The van der Waals surface area contributed by atoms with Gasteiger partial charge in [-0.05, 0) is 50.8 Å². The Bertz CT molecular complexity index is 1240. The van der Waals surface area contributed by atoms with Gasteiger partial charge in [-0.1, -0.05) is 43.5 Å². The molecule has 35 heavy (non-hydrogen) atoms. The summed E-state index contributed by atoms with van der Waals surface area (Å²) in [6.07, 6.45) is 4.81. The summed E-state index contributed by atoms with van der Waals surface area (Å²) in [6.45, 7) is 9.23. The monoisotopic (exact) mass is 500 g/mol. The molecule has 0 spiro atoms. The molecule has 2 aromatic carbocycles.